The predicted molar refractivity (Wildman–Crippen MR) is 105 cm³/mol. The summed E-state index contributed by atoms with van der Waals surface area (Å²) in [5.41, 5.74) is 1.75. The van der Waals surface area contributed by atoms with Crippen LogP contribution in [-0.2, 0) is 11.3 Å². The van der Waals surface area contributed by atoms with Gasteiger partial charge in [-0.05, 0) is 46.0 Å². The van der Waals surface area contributed by atoms with Crippen molar-refractivity contribution in [2.45, 2.75) is 89.8 Å². The Balaban J connectivity index is 1.39. The molecule has 1 saturated carbocycles. The van der Waals surface area contributed by atoms with Crippen LogP contribution in [0.25, 0.3) is 0 Å². The zero-order valence-electron chi connectivity index (χ0n) is 17.1. The monoisotopic (exact) mass is 388 g/mol. The van der Waals surface area contributed by atoms with Gasteiger partial charge >= 0.3 is 6.03 Å². The second-order valence-corrected chi connectivity index (χ2v) is 8.78. The molecule has 0 radical (unpaired) electrons. The third-order valence-electron chi connectivity index (χ3n) is 7.09. The summed E-state index contributed by atoms with van der Waals surface area (Å²) in [6.07, 6.45) is 9.09. The summed E-state index contributed by atoms with van der Waals surface area (Å²) in [6.45, 7) is 5.82. The molecular formula is C21H32N4O3. The summed E-state index contributed by atoms with van der Waals surface area (Å²) in [5, 5.41) is 7.26. The van der Waals surface area contributed by atoms with E-state index in [-0.39, 0.29) is 17.5 Å². The summed E-state index contributed by atoms with van der Waals surface area (Å²) in [4.78, 5) is 29.3. The largest absolute Gasteiger partial charge is 0.361 e. The number of rotatable bonds is 3. The van der Waals surface area contributed by atoms with Crippen LogP contribution in [0, 0.1) is 13.8 Å². The molecule has 2 aliphatic heterocycles. The highest BCUT2D eigenvalue weighted by Crippen LogP contribution is 2.40. The Kier molecular flexibility index (Phi) is 5.34. The molecule has 28 heavy (non-hydrogen) atoms. The van der Waals surface area contributed by atoms with Crippen molar-refractivity contribution in [3.05, 3.63) is 17.0 Å². The van der Waals surface area contributed by atoms with Crippen LogP contribution < -0.4 is 5.32 Å². The van der Waals surface area contributed by atoms with Gasteiger partial charge in [0.2, 0.25) is 5.91 Å². The highest BCUT2D eigenvalue weighted by Gasteiger charge is 2.47. The first-order valence-electron chi connectivity index (χ1n) is 10.8. The number of aryl methyl sites for hydroxylation is 2. The van der Waals surface area contributed by atoms with Crippen LogP contribution in [0.15, 0.2) is 4.52 Å². The van der Waals surface area contributed by atoms with Gasteiger partial charge in [0.1, 0.15) is 5.76 Å². The van der Waals surface area contributed by atoms with E-state index in [0.29, 0.717) is 32.1 Å². The number of nitrogens with zero attached hydrogens (tertiary/aromatic N) is 3. The number of carbonyl (C=O) groups excluding carboxylic acids is 2. The smallest absolute Gasteiger partial charge is 0.317 e. The lowest BCUT2D eigenvalue weighted by molar-refractivity contribution is -0.133. The molecule has 1 aromatic heterocycles. The van der Waals surface area contributed by atoms with Crippen molar-refractivity contribution in [2.75, 3.05) is 13.1 Å². The first-order valence-corrected chi connectivity index (χ1v) is 10.8. The number of carbonyl (C=O) groups is 2. The highest BCUT2D eigenvalue weighted by molar-refractivity contribution is 5.80. The van der Waals surface area contributed by atoms with Gasteiger partial charge in [-0.25, -0.2) is 4.79 Å². The minimum atomic E-state index is -0.130. The number of likely N-dealkylation sites (tertiary alicyclic amines) is 2. The molecule has 3 amide bonds. The van der Waals surface area contributed by atoms with Gasteiger partial charge in [0, 0.05) is 36.7 Å². The lowest BCUT2D eigenvalue weighted by atomic mass is 9.84. The van der Waals surface area contributed by atoms with Gasteiger partial charge in [0.25, 0.3) is 0 Å². The highest BCUT2D eigenvalue weighted by atomic mass is 16.5. The van der Waals surface area contributed by atoms with Crippen LogP contribution in [-0.4, -0.2) is 51.6 Å². The van der Waals surface area contributed by atoms with Gasteiger partial charge in [-0.1, -0.05) is 24.4 Å². The predicted octanol–water partition coefficient (Wildman–Crippen LogP) is 3.29. The Bertz CT molecular complexity index is 711. The van der Waals surface area contributed by atoms with E-state index in [0.717, 1.165) is 49.1 Å². The molecule has 0 aromatic carbocycles. The maximum absolute atomic E-state index is 12.7. The second kappa shape index (κ2) is 7.76. The van der Waals surface area contributed by atoms with E-state index >= 15 is 0 Å². The Labute approximate surface area is 166 Å². The topological polar surface area (TPSA) is 78.7 Å². The fourth-order valence-electron chi connectivity index (χ4n) is 5.17. The number of amides is 3. The third-order valence-corrected chi connectivity index (χ3v) is 7.09. The quantitative estimate of drug-likeness (QED) is 0.862. The summed E-state index contributed by atoms with van der Waals surface area (Å²) in [6, 6.07) is 0.407. The molecule has 1 N–H and O–H groups in total. The molecule has 3 fully saturated rings. The van der Waals surface area contributed by atoms with Gasteiger partial charge < -0.3 is 19.6 Å². The van der Waals surface area contributed by atoms with E-state index in [9.17, 15) is 9.59 Å². The fraction of sp³-hybridized carbons (Fsp3) is 0.762. The van der Waals surface area contributed by atoms with E-state index in [1.807, 2.05) is 23.6 Å². The lowest BCUT2D eigenvalue weighted by Gasteiger charge is -2.45. The van der Waals surface area contributed by atoms with Gasteiger partial charge in [0.15, 0.2) is 0 Å². The molecule has 4 rings (SSSR count). The number of nitrogens with one attached hydrogen (secondary N) is 1. The number of aromatic nitrogens is 1. The molecule has 3 heterocycles. The SMILES string of the molecule is Cc1noc(C)c1CN1C(=O)CCC12CCN(C(=O)NC1CCCCC1)CC2. The maximum atomic E-state index is 12.7. The standard InChI is InChI=1S/C21H32N4O3/c1-15-18(16(2)28-23-15)14-25-19(26)8-9-21(25)10-12-24(13-11-21)20(27)22-17-6-4-3-5-7-17/h17H,3-14H2,1-2H3,(H,22,27). The zero-order valence-corrected chi connectivity index (χ0v) is 17.1. The van der Waals surface area contributed by atoms with Crippen LogP contribution in [0.4, 0.5) is 4.79 Å². The summed E-state index contributed by atoms with van der Waals surface area (Å²) >= 11 is 0. The normalized spacial score (nSPS) is 22.9. The van der Waals surface area contributed by atoms with Crippen molar-refractivity contribution in [1.29, 1.82) is 0 Å². The Hall–Kier alpha value is -2.05. The van der Waals surface area contributed by atoms with Crippen LogP contribution in [0.1, 0.15) is 74.8 Å². The second-order valence-electron chi connectivity index (χ2n) is 8.78. The van der Waals surface area contributed by atoms with Gasteiger partial charge in [-0.15, -0.1) is 0 Å². The average Bonchev–Trinajstić information content (AvgIpc) is 3.18. The average molecular weight is 389 g/mol. The minimum absolute atomic E-state index is 0.0725. The Morgan fingerprint density at radius 2 is 1.89 bits per heavy atom. The Morgan fingerprint density at radius 1 is 1.18 bits per heavy atom. The molecule has 1 aliphatic carbocycles. The number of urea groups is 1. The molecule has 0 unspecified atom stereocenters. The van der Waals surface area contributed by atoms with Crippen LogP contribution in [0.3, 0.4) is 0 Å². The van der Waals surface area contributed by atoms with Gasteiger partial charge in [-0.3, -0.25) is 4.79 Å². The van der Waals surface area contributed by atoms with E-state index in [2.05, 4.69) is 10.5 Å². The molecule has 154 valence electrons. The van der Waals surface area contributed by atoms with E-state index in [1.54, 1.807) is 0 Å². The van der Waals surface area contributed by atoms with E-state index < -0.39 is 0 Å². The molecule has 2 saturated heterocycles. The lowest BCUT2D eigenvalue weighted by Crippen LogP contribution is -2.56. The molecule has 3 aliphatic rings. The number of hydrogen-bond acceptors (Lipinski definition) is 4. The van der Waals surface area contributed by atoms with E-state index in [1.165, 1.54) is 19.3 Å². The summed E-state index contributed by atoms with van der Waals surface area (Å²) < 4.78 is 5.29. The number of piperidine rings is 1. The van der Waals surface area contributed by atoms with Crippen molar-refractivity contribution < 1.29 is 14.1 Å². The van der Waals surface area contributed by atoms with Crippen molar-refractivity contribution >= 4 is 11.9 Å². The summed E-state index contributed by atoms with van der Waals surface area (Å²) in [7, 11) is 0. The third kappa shape index (κ3) is 3.63. The van der Waals surface area contributed by atoms with Crippen LogP contribution in [0.5, 0.6) is 0 Å². The molecule has 7 nitrogen and oxygen atoms in total. The van der Waals surface area contributed by atoms with Gasteiger partial charge in [0.05, 0.1) is 12.2 Å². The van der Waals surface area contributed by atoms with Gasteiger partial charge in [-0.2, -0.15) is 0 Å². The molecular weight excluding hydrogens is 356 g/mol. The first-order chi connectivity index (χ1) is 13.5. The fourth-order valence-corrected chi connectivity index (χ4v) is 5.17. The summed E-state index contributed by atoms with van der Waals surface area (Å²) in [5.74, 6) is 0.997. The van der Waals surface area contributed by atoms with E-state index in [4.69, 9.17) is 4.52 Å². The Morgan fingerprint density at radius 3 is 2.54 bits per heavy atom. The zero-order chi connectivity index (χ0) is 19.7. The molecule has 1 spiro atoms. The maximum Gasteiger partial charge on any atom is 0.317 e. The van der Waals surface area contributed by atoms with Crippen LogP contribution in [0.2, 0.25) is 0 Å². The first kappa shape index (κ1) is 19.3. The van der Waals surface area contributed by atoms with Crippen molar-refractivity contribution in [2.24, 2.45) is 0 Å². The molecule has 7 heteroatoms. The molecule has 0 atom stereocenters. The molecule has 0 bridgehead atoms. The van der Waals surface area contributed by atoms with Crippen LogP contribution >= 0.6 is 0 Å². The van der Waals surface area contributed by atoms with Crippen molar-refractivity contribution in [3.8, 4) is 0 Å². The minimum Gasteiger partial charge on any atom is -0.361 e. The molecule has 1 aromatic rings. The number of hydrogen-bond donors (Lipinski definition) is 1. The van der Waals surface area contributed by atoms with Crippen molar-refractivity contribution in [3.63, 3.8) is 0 Å². The van der Waals surface area contributed by atoms with Crippen molar-refractivity contribution in [1.82, 2.24) is 20.3 Å².